The Hall–Kier alpha value is -3.19. The Morgan fingerprint density at radius 2 is 2.10 bits per heavy atom. The van der Waals surface area contributed by atoms with E-state index in [1.807, 2.05) is 30.3 Å². The number of aryl methyl sites for hydroxylation is 1. The molecule has 1 unspecified atom stereocenters. The van der Waals surface area contributed by atoms with Crippen molar-refractivity contribution in [1.82, 2.24) is 14.9 Å². The number of nitrogens with zero attached hydrogens (tertiary/aromatic N) is 2. The van der Waals surface area contributed by atoms with Crippen LogP contribution in [0.1, 0.15) is 34.5 Å². The van der Waals surface area contributed by atoms with E-state index < -0.39 is 5.91 Å². The second kappa shape index (κ2) is 8.45. The van der Waals surface area contributed by atoms with Crippen LogP contribution in [0.4, 0.5) is 0 Å². The lowest BCUT2D eigenvalue weighted by Crippen LogP contribution is -2.35. The van der Waals surface area contributed by atoms with E-state index >= 15 is 0 Å². The highest BCUT2D eigenvalue weighted by Gasteiger charge is 2.20. The Kier molecular flexibility index (Phi) is 5.57. The largest absolute Gasteiger partial charge is 0.444 e. The first-order valence-electron chi connectivity index (χ1n) is 9.71. The van der Waals surface area contributed by atoms with Gasteiger partial charge in [0.15, 0.2) is 0 Å². The summed E-state index contributed by atoms with van der Waals surface area (Å²) in [5.41, 5.74) is 1.94. The van der Waals surface area contributed by atoms with Gasteiger partial charge in [-0.3, -0.25) is 9.59 Å². The van der Waals surface area contributed by atoms with Gasteiger partial charge in [-0.2, -0.15) is 0 Å². The number of nitrogens with one attached hydrogen (secondary N) is 1. The summed E-state index contributed by atoms with van der Waals surface area (Å²) in [6.45, 7) is 3.12. The zero-order valence-electron chi connectivity index (χ0n) is 16.3. The van der Waals surface area contributed by atoms with Crippen LogP contribution in [0.2, 0.25) is 0 Å². The molecule has 29 heavy (non-hydrogen) atoms. The normalized spacial score (nSPS) is 16.1. The molecule has 1 aromatic carbocycles. The Morgan fingerprint density at radius 1 is 1.28 bits per heavy atom. The fraction of sp³-hybridized carbons (Fsp3) is 0.318. The van der Waals surface area contributed by atoms with E-state index in [4.69, 9.17) is 9.15 Å². The molecule has 1 N–H and O–H groups in total. The topological polar surface area (TPSA) is 86.4 Å². The molecular weight excluding hydrogens is 370 g/mol. The summed E-state index contributed by atoms with van der Waals surface area (Å²) < 4.78 is 12.7. The van der Waals surface area contributed by atoms with Gasteiger partial charge in [-0.05, 0) is 43.5 Å². The molecule has 1 aliphatic rings. The number of pyridine rings is 1. The maximum atomic E-state index is 12.8. The monoisotopic (exact) mass is 393 g/mol. The molecule has 0 saturated carbocycles. The van der Waals surface area contributed by atoms with Gasteiger partial charge in [0.2, 0.25) is 5.89 Å². The third-order valence-corrected chi connectivity index (χ3v) is 5.03. The van der Waals surface area contributed by atoms with Crippen LogP contribution in [-0.2, 0) is 17.8 Å². The van der Waals surface area contributed by atoms with Gasteiger partial charge in [0.05, 0.1) is 24.9 Å². The van der Waals surface area contributed by atoms with E-state index in [-0.39, 0.29) is 23.8 Å². The van der Waals surface area contributed by atoms with Crippen LogP contribution in [0.3, 0.4) is 0 Å². The van der Waals surface area contributed by atoms with Crippen LogP contribution < -0.4 is 10.9 Å². The summed E-state index contributed by atoms with van der Waals surface area (Å²) >= 11 is 0. The van der Waals surface area contributed by atoms with Crippen LogP contribution in [0.25, 0.3) is 11.5 Å². The summed E-state index contributed by atoms with van der Waals surface area (Å²) in [7, 11) is 0. The zero-order chi connectivity index (χ0) is 20.2. The first-order valence-corrected chi connectivity index (χ1v) is 9.71. The van der Waals surface area contributed by atoms with E-state index in [1.54, 1.807) is 23.8 Å². The lowest BCUT2D eigenvalue weighted by atomic mass is 10.1. The van der Waals surface area contributed by atoms with E-state index in [0.29, 0.717) is 23.7 Å². The van der Waals surface area contributed by atoms with E-state index in [0.717, 1.165) is 25.0 Å². The van der Waals surface area contributed by atoms with Gasteiger partial charge in [0, 0.05) is 18.4 Å². The van der Waals surface area contributed by atoms with Crippen molar-refractivity contribution in [3.63, 3.8) is 0 Å². The van der Waals surface area contributed by atoms with Gasteiger partial charge in [-0.25, -0.2) is 4.98 Å². The van der Waals surface area contributed by atoms with Crippen molar-refractivity contribution in [3.8, 4) is 11.5 Å². The predicted octanol–water partition coefficient (Wildman–Crippen LogP) is 2.92. The first-order chi connectivity index (χ1) is 14.1. The highest BCUT2D eigenvalue weighted by molar-refractivity contribution is 5.95. The maximum Gasteiger partial charge on any atom is 0.263 e. The third kappa shape index (κ3) is 4.30. The van der Waals surface area contributed by atoms with Crippen molar-refractivity contribution < 1.29 is 13.9 Å². The number of amides is 1. The summed E-state index contributed by atoms with van der Waals surface area (Å²) in [6, 6.07) is 11.3. The van der Waals surface area contributed by atoms with Crippen molar-refractivity contribution in [2.75, 3.05) is 6.61 Å². The summed E-state index contributed by atoms with van der Waals surface area (Å²) in [4.78, 5) is 29.9. The average molecular weight is 393 g/mol. The second-order valence-electron chi connectivity index (χ2n) is 7.16. The molecule has 0 radical (unpaired) electrons. The Labute approximate surface area is 168 Å². The number of ether oxygens (including phenoxy) is 1. The Bertz CT molecular complexity index is 1050. The van der Waals surface area contributed by atoms with E-state index in [9.17, 15) is 9.59 Å². The summed E-state index contributed by atoms with van der Waals surface area (Å²) in [5, 5.41) is 2.78. The minimum Gasteiger partial charge on any atom is -0.444 e. The Morgan fingerprint density at radius 3 is 2.86 bits per heavy atom. The molecule has 7 heteroatoms. The van der Waals surface area contributed by atoms with Crippen molar-refractivity contribution in [2.45, 2.75) is 39.0 Å². The lowest BCUT2D eigenvalue weighted by molar-refractivity contribution is 0.0928. The minimum atomic E-state index is -0.418. The van der Waals surface area contributed by atoms with Crippen LogP contribution in [0.5, 0.6) is 0 Å². The molecule has 150 valence electrons. The molecule has 4 rings (SSSR count). The number of oxazole rings is 1. The molecule has 2 aromatic heterocycles. The highest BCUT2D eigenvalue weighted by Crippen LogP contribution is 2.18. The van der Waals surface area contributed by atoms with Crippen LogP contribution in [-0.4, -0.2) is 28.2 Å². The molecule has 3 aromatic rings. The summed E-state index contributed by atoms with van der Waals surface area (Å²) in [6.07, 6.45) is 5.19. The number of benzene rings is 1. The third-order valence-electron chi connectivity index (χ3n) is 5.03. The zero-order valence-corrected chi connectivity index (χ0v) is 16.3. The van der Waals surface area contributed by atoms with Crippen molar-refractivity contribution in [1.29, 1.82) is 0 Å². The van der Waals surface area contributed by atoms with Gasteiger partial charge in [0.1, 0.15) is 11.8 Å². The molecule has 1 aliphatic heterocycles. The quantitative estimate of drug-likeness (QED) is 0.696. The highest BCUT2D eigenvalue weighted by atomic mass is 16.5. The molecule has 1 saturated heterocycles. The van der Waals surface area contributed by atoms with E-state index in [1.165, 1.54) is 6.26 Å². The molecular formula is C22H23N3O4. The summed E-state index contributed by atoms with van der Waals surface area (Å²) in [5.74, 6) is 0.0723. The van der Waals surface area contributed by atoms with Gasteiger partial charge < -0.3 is 19.0 Å². The second-order valence-corrected chi connectivity index (χ2v) is 7.16. The molecule has 0 spiro atoms. The fourth-order valence-corrected chi connectivity index (χ4v) is 3.45. The SMILES string of the molecule is Cc1ccn(CC2CCCO2)c(=O)c1C(=O)NCc1coc(-c2ccccc2)n1. The molecule has 3 heterocycles. The average Bonchev–Trinajstić information content (AvgIpc) is 3.41. The minimum absolute atomic E-state index is 0.0258. The first kappa shape index (κ1) is 19.1. The predicted molar refractivity (Wildman–Crippen MR) is 108 cm³/mol. The molecule has 0 bridgehead atoms. The van der Waals surface area contributed by atoms with Crippen LogP contribution in [0, 0.1) is 6.92 Å². The van der Waals surface area contributed by atoms with E-state index in [2.05, 4.69) is 10.3 Å². The molecule has 7 nitrogen and oxygen atoms in total. The Balaban J connectivity index is 1.46. The number of hydrogen-bond donors (Lipinski definition) is 1. The fourth-order valence-electron chi connectivity index (χ4n) is 3.45. The number of aromatic nitrogens is 2. The molecule has 1 amide bonds. The number of carbonyl (C=O) groups excluding carboxylic acids is 1. The maximum absolute atomic E-state index is 12.8. The number of hydrogen-bond acceptors (Lipinski definition) is 5. The molecule has 0 aliphatic carbocycles. The molecule has 1 atom stereocenters. The van der Waals surface area contributed by atoms with Gasteiger partial charge in [0.25, 0.3) is 11.5 Å². The van der Waals surface area contributed by atoms with Crippen molar-refractivity contribution in [3.05, 3.63) is 76.0 Å². The van der Waals surface area contributed by atoms with Crippen LogP contribution >= 0.6 is 0 Å². The number of carbonyl (C=O) groups is 1. The smallest absolute Gasteiger partial charge is 0.263 e. The molecule has 1 fully saturated rings. The van der Waals surface area contributed by atoms with Crippen molar-refractivity contribution in [2.24, 2.45) is 0 Å². The van der Waals surface area contributed by atoms with Crippen LogP contribution in [0.15, 0.2) is 58.1 Å². The standard InChI is InChI=1S/C22H23N3O4/c1-15-9-10-25(13-18-8-5-11-28-18)22(27)19(15)20(26)23-12-17-14-29-21(24-17)16-6-3-2-4-7-16/h2-4,6-7,9-10,14,18H,5,8,11-13H2,1H3,(H,23,26). The lowest BCUT2D eigenvalue weighted by Gasteiger charge is -2.14. The van der Waals surface area contributed by atoms with Gasteiger partial charge in [-0.1, -0.05) is 18.2 Å². The van der Waals surface area contributed by atoms with Gasteiger partial charge >= 0.3 is 0 Å². The number of rotatable bonds is 6. The van der Waals surface area contributed by atoms with Gasteiger partial charge in [-0.15, -0.1) is 0 Å². The van der Waals surface area contributed by atoms with Crippen molar-refractivity contribution >= 4 is 5.91 Å².